The summed E-state index contributed by atoms with van der Waals surface area (Å²) in [5, 5.41) is 11.8. The second kappa shape index (κ2) is 7.92. The summed E-state index contributed by atoms with van der Waals surface area (Å²) >= 11 is 0. The number of benzene rings is 2. The Labute approximate surface area is 157 Å². The molecule has 0 radical (unpaired) electrons. The van der Waals surface area contributed by atoms with Crippen LogP contribution in [0.4, 0.5) is 18.9 Å². The monoisotopic (exact) mass is 390 g/mol. The summed E-state index contributed by atoms with van der Waals surface area (Å²) in [5.41, 5.74) is 0.548. The quantitative estimate of drug-likeness (QED) is 0.633. The van der Waals surface area contributed by atoms with Gasteiger partial charge in [0.05, 0.1) is 0 Å². The number of rotatable bonds is 4. The van der Waals surface area contributed by atoms with Gasteiger partial charge in [0.1, 0.15) is 30.6 Å². The van der Waals surface area contributed by atoms with Crippen molar-refractivity contribution in [1.82, 2.24) is 0 Å². The third-order valence-corrected chi connectivity index (χ3v) is 3.59. The molecule has 2 aromatic carbocycles. The molecule has 0 aromatic heterocycles. The van der Waals surface area contributed by atoms with Crippen molar-refractivity contribution in [1.29, 1.82) is 5.26 Å². The number of amides is 1. The number of hydrogen-bond acceptors (Lipinski definition) is 5. The Morgan fingerprint density at radius 3 is 2.43 bits per heavy atom. The fourth-order valence-corrected chi connectivity index (χ4v) is 2.40. The molecule has 0 aliphatic carbocycles. The van der Waals surface area contributed by atoms with E-state index < -0.39 is 18.0 Å². The molecule has 0 unspecified atom stereocenters. The van der Waals surface area contributed by atoms with Crippen molar-refractivity contribution >= 4 is 17.7 Å². The van der Waals surface area contributed by atoms with Crippen LogP contribution in [0.1, 0.15) is 5.56 Å². The number of halogens is 3. The van der Waals surface area contributed by atoms with Crippen LogP contribution in [-0.4, -0.2) is 25.5 Å². The third kappa shape index (κ3) is 4.94. The van der Waals surface area contributed by atoms with Crippen LogP contribution in [0.3, 0.4) is 0 Å². The van der Waals surface area contributed by atoms with Gasteiger partial charge < -0.3 is 19.5 Å². The minimum atomic E-state index is -4.79. The molecule has 0 saturated carbocycles. The molecule has 3 rings (SSSR count). The Bertz CT molecular complexity index is 947. The van der Waals surface area contributed by atoms with Gasteiger partial charge in [-0.25, -0.2) is 0 Å². The Morgan fingerprint density at radius 1 is 1.11 bits per heavy atom. The molecule has 0 atom stereocenters. The Hall–Kier alpha value is -3.67. The predicted octanol–water partition coefficient (Wildman–Crippen LogP) is 3.90. The smallest absolute Gasteiger partial charge is 0.486 e. The van der Waals surface area contributed by atoms with E-state index in [9.17, 15) is 23.2 Å². The average molecular weight is 390 g/mol. The van der Waals surface area contributed by atoms with E-state index in [0.29, 0.717) is 36.0 Å². The van der Waals surface area contributed by atoms with E-state index in [2.05, 4.69) is 10.1 Å². The van der Waals surface area contributed by atoms with Crippen molar-refractivity contribution in [3.63, 3.8) is 0 Å². The van der Waals surface area contributed by atoms with Gasteiger partial charge in [-0.1, -0.05) is 12.1 Å². The molecular weight excluding hydrogens is 377 g/mol. The van der Waals surface area contributed by atoms with Crippen LogP contribution in [0.15, 0.2) is 48.0 Å². The van der Waals surface area contributed by atoms with Gasteiger partial charge in [-0.2, -0.15) is 5.26 Å². The fourth-order valence-electron chi connectivity index (χ4n) is 2.40. The van der Waals surface area contributed by atoms with Crippen LogP contribution in [0.5, 0.6) is 17.2 Å². The van der Waals surface area contributed by atoms with Crippen LogP contribution >= 0.6 is 0 Å². The molecule has 0 saturated heterocycles. The second-order valence-electron chi connectivity index (χ2n) is 5.60. The Kier molecular flexibility index (Phi) is 5.40. The number of nitriles is 1. The van der Waals surface area contributed by atoms with Gasteiger partial charge in [0.2, 0.25) is 0 Å². The normalized spacial score (nSPS) is 13.4. The van der Waals surface area contributed by atoms with Gasteiger partial charge in [0, 0.05) is 11.8 Å². The highest BCUT2D eigenvalue weighted by molar-refractivity contribution is 6.09. The molecule has 144 valence electrons. The predicted molar refractivity (Wildman–Crippen MR) is 92.8 cm³/mol. The number of fused-ring (bicyclic) bond motifs is 1. The first-order chi connectivity index (χ1) is 13.3. The number of carbonyl (C=O) groups excluding carboxylic acids is 1. The molecule has 1 aliphatic heterocycles. The average Bonchev–Trinajstić information content (AvgIpc) is 2.66. The minimum absolute atomic E-state index is 0.223. The zero-order valence-electron chi connectivity index (χ0n) is 14.2. The van der Waals surface area contributed by atoms with Crippen LogP contribution in [0, 0.1) is 11.3 Å². The van der Waals surface area contributed by atoms with Crippen LogP contribution in [-0.2, 0) is 4.79 Å². The maximum absolute atomic E-state index is 12.3. The molecule has 1 N–H and O–H groups in total. The number of anilines is 1. The zero-order valence-corrected chi connectivity index (χ0v) is 14.2. The zero-order chi connectivity index (χ0) is 20.1. The van der Waals surface area contributed by atoms with Gasteiger partial charge in [-0.15, -0.1) is 13.2 Å². The van der Waals surface area contributed by atoms with Crippen molar-refractivity contribution in [3.8, 4) is 23.3 Å². The van der Waals surface area contributed by atoms with Crippen molar-refractivity contribution in [2.45, 2.75) is 6.36 Å². The van der Waals surface area contributed by atoms with Crippen molar-refractivity contribution in [3.05, 3.63) is 53.6 Å². The maximum atomic E-state index is 12.3. The summed E-state index contributed by atoms with van der Waals surface area (Å²) < 4.78 is 51.1. The van der Waals surface area contributed by atoms with E-state index in [1.54, 1.807) is 24.3 Å². The number of hydrogen-bond donors (Lipinski definition) is 1. The number of ether oxygens (including phenoxy) is 3. The molecule has 28 heavy (non-hydrogen) atoms. The van der Waals surface area contributed by atoms with Gasteiger partial charge in [-0.3, -0.25) is 4.79 Å². The molecular formula is C19H13F3N2O4. The number of nitrogens with one attached hydrogen (secondary N) is 1. The molecule has 6 nitrogen and oxygen atoms in total. The molecule has 2 aromatic rings. The Morgan fingerprint density at radius 2 is 1.79 bits per heavy atom. The summed E-state index contributed by atoms with van der Waals surface area (Å²) in [6.45, 7) is 0.828. The largest absolute Gasteiger partial charge is 0.573 e. The number of carbonyl (C=O) groups is 1. The standard InChI is InChI=1S/C19H13F3N2O4/c20-19(21,22)28-15-4-1-12(2-5-15)9-13(11-23)18(25)24-14-3-6-16-17(10-14)27-8-7-26-16/h1-6,9-10H,7-8H2,(H,24,25)/b13-9+. The first-order valence-electron chi connectivity index (χ1n) is 8.03. The van der Waals surface area contributed by atoms with Crippen LogP contribution in [0.2, 0.25) is 0 Å². The molecule has 1 aliphatic rings. The third-order valence-electron chi connectivity index (χ3n) is 3.59. The molecule has 1 amide bonds. The summed E-state index contributed by atoms with van der Waals surface area (Å²) in [7, 11) is 0. The van der Waals surface area contributed by atoms with Gasteiger partial charge in [0.25, 0.3) is 5.91 Å². The lowest BCUT2D eigenvalue weighted by Crippen LogP contribution is -2.17. The van der Waals surface area contributed by atoms with Crippen LogP contribution in [0.25, 0.3) is 6.08 Å². The highest BCUT2D eigenvalue weighted by Crippen LogP contribution is 2.32. The molecule has 0 bridgehead atoms. The highest BCUT2D eigenvalue weighted by Gasteiger charge is 2.30. The number of alkyl halides is 3. The lowest BCUT2D eigenvalue weighted by molar-refractivity contribution is -0.274. The van der Waals surface area contributed by atoms with E-state index in [1.165, 1.54) is 18.2 Å². The maximum Gasteiger partial charge on any atom is 0.573 e. The first kappa shape index (κ1) is 19.1. The summed E-state index contributed by atoms with van der Waals surface area (Å²) in [6.07, 6.45) is -3.54. The molecule has 9 heteroatoms. The lowest BCUT2D eigenvalue weighted by Gasteiger charge is -2.18. The number of nitrogens with zero attached hydrogens (tertiary/aromatic N) is 1. The molecule has 0 fully saturated rings. The Balaban J connectivity index is 1.72. The lowest BCUT2D eigenvalue weighted by atomic mass is 10.1. The summed E-state index contributed by atoms with van der Waals surface area (Å²) in [5.74, 6) is -0.0352. The molecule has 1 heterocycles. The van der Waals surface area contributed by atoms with E-state index in [4.69, 9.17) is 9.47 Å². The summed E-state index contributed by atoms with van der Waals surface area (Å²) in [6, 6.07) is 11.4. The SMILES string of the molecule is N#C/C(=C\c1ccc(OC(F)(F)F)cc1)C(=O)Nc1ccc2c(c1)OCCO2. The van der Waals surface area contributed by atoms with Crippen molar-refractivity contribution in [2.24, 2.45) is 0 Å². The van der Waals surface area contributed by atoms with Gasteiger partial charge in [0.15, 0.2) is 11.5 Å². The van der Waals surface area contributed by atoms with E-state index >= 15 is 0 Å². The van der Waals surface area contributed by atoms with E-state index in [0.717, 1.165) is 12.1 Å². The molecule has 0 spiro atoms. The second-order valence-corrected chi connectivity index (χ2v) is 5.60. The van der Waals surface area contributed by atoms with E-state index in [1.807, 2.05) is 0 Å². The van der Waals surface area contributed by atoms with Gasteiger partial charge >= 0.3 is 6.36 Å². The highest BCUT2D eigenvalue weighted by atomic mass is 19.4. The topological polar surface area (TPSA) is 80.6 Å². The van der Waals surface area contributed by atoms with Crippen LogP contribution < -0.4 is 19.5 Å². The van der Waals surface area contributed by atoms with Crippen molar-refractivity contribution < 1.29 is 32.2 Å². The van der Waals surface area contributed by atoms with Gasteiger partial charge in [-0.05, 0) is 35.9 Å². The van der Waals surface area contributed by atoms with Crippen molar-refractivity contribution in [2.75, 3.05) is 18.5 Å². The first-order valence-corrected chi connectivity index (χ1v) is 8.03. The minimum Gasteiger partial charge on any atom is -0.486 e. The summed E-state index contributed by atoms with van der Waals surface area (Å²) in [4.78, 5) is 12.3. The van der Waals surface area contributed by atoms with E-state index in [-0.39, 0.29) is 5.57 Å². The fraction of sp³-hybridized carbons (Fsp3) is 0.158.